The first-order valence-corrected chi connectivity index (χ1v) is 7.52. The molecule has 0 fully saturated rings. The molecule has 0 saturated carbocycles. The smallest absolute Gasteiger partial charge is 0.240 e. The van der Waals surface area contributed by atoms with Crippen molar-refractivity contribution < 1.29 is 22.3 Å². The molecular weight excluding hydrogens is 285 g/mol. The largest absolute Gasteiger partial charge is 0.382 e. The topological polar surface area (TPSA) is 64.6 Å². The van der Waals surface area contributed by atoms with E-state index in [0.717, 1.165) is 6.07 Å². The zero-order valence-corrected chi connectivity index (χ0v) is 12.9. The van der Waals surface area contributed by atoms with Gasteiger partial charge in [-0.25, -0.2) is 17.5 Å². The predicted octanol–water partition coefficient (Wildman–Crippen LogP) is 1.46. The Hall–Kier alpha value is -1.02. The molecule has 0 radical (unpaired) electrons. The fourth-order valence-corrected chi connectivity index (χ4v) is 2.84. The minimum absolute atomic E-state index is 0.0206. The van der Waals surface area contributed by atoms with Crippen LogP contribution in [0, 0.1) is 12.7 Å². The second kappa shape index (κ2) is 6.62. The lowest BCUT2D eigenvalue weighted by Gasteiger charge is -2.27. The summed E-state index contributed by atoms with van der Waals surface area (Å²) in [6.45, 7) is 3.54. The zero-order chi connectivity index (χ0) is 15.4. The average molecular weight is 305 g/mol. The van der Waals surface area contributed by atoms with Crippen molar-refractivity contribution in [3.8, 4) is 0 Å². The molecule has 0 amide bonds. The number of benzene rings is 1. The molecule has 0 aliphatic heterocycles. The fraction of sp³-hybridized carbons (Fsp3) is 0.538. The Morgan fingerprint density at radius 3 is 2.50 bits per heavy atom. The van der Waals surface area contributed by atoms with Crippen molar-refractivity contribution in [1.29, 1.82) is 0 Å². The van der Waals surface area contributed by atoms with E-state index >= 15 is 0 Å². The first-order valence-electron chi connectivity index (χ1n) is 6.04. The monoisotopic (exact) mass is 305 g/mol. The molecule has 0 heterocycles. The van der Waals surface area contributed by atoms with Crippen LogP contribution in [0.15, 0.2) is 23.1 Å². The molecule has 7 heteroatoms. The van der Waals surface area contributed by atoms with E-state index in [1.807, 2.05) is 0 Å². The van der Waals surface area contributed by atoms with Gasteiger partial charge in [-0.15, -0.1) is 0 Å². The van der Waals surface area contributed by atoms with Gasteiger partial charge in [-0.3, -0.25) is 0 Å². The van der Waals surface area contributed by atoms with Crippen LogP contribution < -0.4 is 4.72 Å². The van der Waals surface area contributed by atoms with E-state index in [-0.39, 0.29) is 23.6 Å². The number of hydrogen-bond acceptors (Lipinski definition) is 4. The molecule has 0 spiro atoms. The molecule has 0 aliphatic rings. The van der Waals surface area contributed by atoms with E-state index in [1.54, 1.807) is 6.92 Å². The summed E-state index contributed by atoms with van der Waals surface area (Å²) in [6.07, 6.45) is 0. The Kier molecular flexibility index (Phi) is 5.64. The first-order chi connectivity index (χ1) is 9.24. The summed E-state index contributed by atoms with van der Waals surface area (Å²) < 4.78 is 50.1. The summed E-state index contributed by atoms with van der Waals surface area (Å²) in [7, 11) is -0.723. The molecule has 0 aliphatic carbocycles. The Morgan fingerprint density at radius 1 is 1.35 bits per heavy atom. The third-order valence-corrected chi connectivity index (χ3v) is 4.42. The van der Waals surface area contributed by atoms with Gasteiger partial charge in [0.05, 0.1) is 11.5 Å². The highest BCUT2D eigenvalue weighted by molar-refractivity contribution is 7.89. The zero-order valence-electron chi connectivity index (χ0n) is 12.1. The summed E-state index contributed by atoms with van der Waals surface area (Å²) in [4.78, 5) is 0.0206. The van der Waals surface area contributed by atoms with Crippen LogP contribution in [-0.4, -0.2) is 41.4 Å². The van der Waals surface area contributed by atoms with Crippen molar-refractivity contribution in [2.45, 2.75) is 24.3 Å². The van der Waals surface area contributed by atoms with Crippen LogP contribution in [0.1, 0.15) is 12.5 Å². The van der Waals surface area contributed by atoms with Crippen molar-refractivity contribution in [2.24, 2.45) is 0 Å². The quantitative estimate of drug-likeness (QED) is 0.828. The van der Waals surface area contributed by atoms with E-state index < -0.39 is 21.4 Å². The number of rotatable bonds is 7. The number of aryl methyl sites for hydroxylation is 1. The molecule has 0 unspecified atom stereocenters. The van der Waals surface area contributed by atoms with Gasteiger partial charge in [-0.05, 0) is 37.6 Å². The van der Waals surface area contributed by atoms with Crippen LogP contribution in [0.25, 0.3) is 0 Å². The van der Waals surface area contributed by atoms with E-state index in [2.05, 4.69) is 4.72 Å². The fourth-order valence-electron chi connectivity index (χ4n) is 1.60. The van der Waals surface area contributed by atoms with Crippen molar-refractivity contribution in [3.63, 3.8) is 0 Å². The maximum Gasteiger partial charge on any atom is 0.240 e. The van der Waals surface area contributed by atoms with Crippen molar-refractivity contribution >= 4 is 10.0 Å². The minimum Gasteiger partial charge on any atom is -0.382 e. The number of hydrogen-bond donors (Lipinski definition) is 1. The molecule has 0 saturated heterocycles. The molecule has 114 valence electrons. The maximum absolute atomic E-state index is 13.2. The van der Waals surface area contributed by atoms with Crippen LogP contribution in [0.3, 0.4) is 0 Å². The van der Waals surface area contributed by atoms with Gasteiger partial charge in [0.15, 0.2) is 0 Å². The molecule has 20 heavy (non-hydrogen) atoms. The molecule has 0 bridgehead atoms. The summed E-state index contributed by atoms with van der Waals surface area (Å²) in [5.74, 6) is -0.440. The lowest BCUT2D eigenvalue weighted by atomic mass is 10.1. The van der Waals surface area contributed by atoms with Crippen molar-refractivity contribution in [2.75, 3.05) is 27.4 Å². The second-order valence-corrected chi connectivity index (χ2v) is 6.59. The highest BCUT2D eigenvalue weighted by atomic mass is 32.2. The molecule has 1 aromatic carbocycles. The predicted molar refractivity (Wildman–Crippen MR) is 73.6 cm³/mol. The third kappa shape index (κ3) is 4.24. The SMILES string of the molecule is COC[C@](C)(CNS(=O)(=O)c1ccc(F)c(C)c1)OC. The van der Waals surface area contributed by atoms with E-state index in [9.17, 15) is 12.8 Å². The summed E-state index contributed by atoms with van der Waals surface area (Å²) in [6, 6.07) is 3.65. The Labute approximate surface area is 119 Å². The number of halogens is 1. The van der Waals surface area contributed by atoms with E-state index in [1.165, 1.54) is 33.3 Å². The minimum atomic E-state index is -3.71. The van der Waals surface area contributed by atoms with Crippen LogP contribution in [-0.2, 0) is 19.5 Å². The highest BCUT2D eigenvalue weighted by Gasteiger charge is 2.26. The first kappa shape index (κ1) is 17.0. The Bertz CT molecular complexity index is 561. The van der Waals surface area contributed by atoms with Gasteiger partial charge >= 0.3 is 0 Å². The number of nitrogens with one attached hydrogen (secondary N) is 1. The van der Waals surface area contributed by atoms with Gasteiger partial charge in [0, 0.05) is 20.8 Å². The lowest BCUT2D eigenvalue weighted by Crippen LogP contribution is -2.45. The molecule has 1 aromatic rings. The molecule has 1 atom stereocenters. The van der Waals surface area contributed by atoms with Gasteiger partial charge in [-0.1, -0.05) is 0 Å². The normalized spacial score (nSPS) is 15.1. The standard InChI is InChI=1S/C13H20FNO4S/c1-10-7-11(5-6-12(10)14)20(16,17)15-8-13(2,19-4)9-18-3/h5-7,15H,8-9H2,1-4H3/t13-/m0/s1. The summed E-state index contributed by atoms with van der Waals surface area (Å²) >= 11 is 0. The summed E-state index contributed by atoms with van der Waals surface area (Å²) in [5, 5.41) is 0. The van der Waals surface area contributed by atoms with E-state index in [0.29, 0.717) is 0 Å². The molecule has 1 N–H and O–H groups in total. The molecular formula is C13H20FNO4S. The molecule has 0 aromatic heterocycles. The average Bonchev–Trinajstić information content (AvgIpc) is 2.40. The van der Waals surface area contributed by atoms with E-state index in [4.69, 9.17) is 9.47 Å². The second-order valence-electron chi connectivity index (χ2n) is 4.82. The summed E-state index contributed by atoms with van der Waals surface area (Å²) in [5.41, 5.74) is -0.490. The molecule has 5 nitrogen and oxygen atoms in total. The van der Waals surface area contributed by atoms with Gasteiger partial charge in [0.25, 0.3) is 0 Å². The highest BCUT2D eigenvalue weighted by Crippen LogP contribution is 2.15. The van der Waals surface area contributed by atoms with Crippen LogP contribution in [0.4, 0.5) is 4.39 Å². The lowest BCUT2D eigenvalue weighted by molar-refractivity contribution is -0.0460. The van der Waals surface area contributed by atoms with Gasteiger partial charge in [0.1, 0.15) is 11.4 Å². The van der Waals surface area contributed by atoms with Crippen LogP contribution >= 0.6 is 0 Å². The third-order valence-electron chi connectivity index (χ3n) is 3.02. The van der Waals surface area contributed by atoms with Gasteiger partial charge in [-0.2, -0.15) is 0 Å². The van der Waals surface area contributed by atoms with Gasteiger partial charge in [0.2, 0.25) is 10.0 Å². The number of sulfonamides is 1. The number of methoxy groups -OCH3 is 2. The van der Waals surface area contributed by atoms with Crippen molar-refractivity contribution in [3.05, 3.63) is 29.6 Å². The van der Waals surface area contributed by atoms with Crippen molar-refractivity contribution in [1.82, 2.24) is 4.72 Å². The van der Waals surface area contributed by atoms with Crippen LogP contribution in [0.2, 0.25) is 0 Å². The molecule has 1 rings (SSSR count). The van der Waals surface area contributed by atoms with Crippen LogP contribution in [0.5, 0.6) is 0 Å². The Balaban J connectivity index is 2.87. The maximum atomic E-state index is 13.2. The number of ether oxygens (including phenoxy) is 2. The Morgan fingerprint density at radius 2 is 2.00 bits per heavy atom. The van der Waals surface area contributed by atoms with Gasteiger partial charge < -0.3 is 9.47 Å².